The predicted molar refractivity (Wildman–Crippen MR) is 125 cm³/mol. The van der Waals surface area contributed by atoms with Crippen molar-refractivity contribution in [3.8, 4) is 0 Å². The molecule has 0 aromatic heterocycles. The molecule has 0 saturated carbocycles. The molecule has 170 valence electrons. The van der Waals surface area contributed by atoms with Crippen LogP contribution in [0, 0.1) is 0 Å². The third-order valence-electron chi connectivity index (χ3n) is 5.99. The van der Waals surface area contributed by atoms with Gasteiger partial charge in [-0.2, -0.15) is 8.42 Å². The van der Waals surface area contributed by atoms with Crippen LogP contribution in [0.3, 0.4) is 0 Å². The summed E-state index contributed by atoms with van der Waals surface area (Å²) in [5.74, 6) is 0.424. The fourth-order valence-electron chi connectivity index (χ4n) is 3.96. The van der Waals surface area contributed by atoms with Crippen molar-refractivity contribution in [1.82, 2.24) is 0 Å². The third kappa shape index (κ3) is 15.0. The Bertz CT molecular complexity index is 620. The van der Waals surface area contributed by atoms with Gasteiger partial charge in [-0.05, 0) is 30.0 Å². The second-order valence-electron chi connectivity index (χ2n) is 8.68. The molecule has 1 N–H and O–H groups in total. The second kappa shape index (κ2) is 18.7. The zero-order valence-electron chi connectivity index (χ0n) is 20.9. The number of hydrogen-bond donors (Lipinski definition) is 1. The molecule has 0 aliphatic rings. The molecular formula is C25H45NaO3S. The van der Waals surface area contributed by atoms with Crippen LogP contribution in [0.15, 0.2) is 29.2 Å². The summed E-state index contributed by atoms with van der Waals surface area (Å²) < 4.78 is 31.2. The van der Waals surface area contributed by atoms with E-state index in [9.17, 15) is 8.42 Å². The van der Waals surface area contributed by atoms with Crippen LogP contribution in [0.25, 0.3) is 0 Å². The van der Waals surface area contributed by atoms with Crippen LogP contribution in [-0.2, 0) is 10.1 Å². The van der Waals surface area contributed by atoms with E-state index in [2.05, 4.69) is 13.8 Å². The largest absolute Gasteiger partial charge is 1.00 e. The fraction of sp³-hybridized carbons (Fsp3) is 0.760. The zero-order chi connectivity index (χ0) is 21.4. The summed E-state index contributed by atoms with van der Waals surface area (Å²) in [6.07, 6.45) is 21.8. The van der Waals surface area contributed by atoms with Crippen LogP contribution in [0.2, 0.25) is 0 Å². The Morgan fingerprint density at radius 3 is 1.47 bits per heavy atom. The van der Waals surface area contributed by atoms with E-state index in [4.69, 9.17) is 4.55 Å². The summed E-state index contributed by atoms with van der Waals surface area (Å²) in [5, 5.41) is 0. The molecule has 1 rings (SSSR count). The third-order valence-corrected chi connectivity index (χ3v) is 6.86. The maximum atomic E-state index is 11.1. The molecule has 3 nitrogen and oxygen atoms in total. The van der Waals surface area contributed by atoms with E-state index in [-0.39, 0.29) is 35.9 Å². The summed E-state index contributed by atoms with van der Waals surface area (Å²) in [5.41, 5.74) is 1.14. The van der Waals surface area contributed by atoms with Crippen molar-refractivity contribution in [1.29, 1.82) is 0 Å². The quantitative estimate of drug-likeness (QED) is 0.185. The maximum absolute atomic E-state index is 11.1. The predicted octanol–water partition coefficient (Wildman–Crippen LogP) is 5.41. The first-order valence-corrected chi connectivity index (χ1v) is 13.5. The summed E-state index contributed by atoms with van der Waals surface area (Å²) in [4.78, 5) is -0.0274. The molecular weight excluding hydrogens is 403 g/mol. The second-order valence-corrected chi connectivity index (χ2v) is 10.1. The smallest absolute Gasteiger partial charge is 1.00 e. The van der Waals surface area contributed by atoms with Crippen molar-refractivity contribution in [2.75, 3.05) is 0 Å². The van der Waals surface area contributed by atoms with Gasteiger partial charge < -0.3 is 1.43 Å². The Kier molecular flexibility index (Phi) is 18.8. The van der Waals surface area contributed by atoms with Gasteiger partial charge in [0.05, 0.1) is 4.90 Å². The molecule has 0 radical (unpaired) electrons. The molecule has 0 fully saturated rings. The summed E-state index contributed by atoms with van der Waals surface area (Å²) >= 11 is 0. The van der Waals surface area contributed by atoms with E-state index >= 15 is 0 Å². The standard InChI is InChI=1S/C25H44O3S.Na.H/c1-3-4-5-6-7-8-9-10-11-12-13-14-15-16-17-18-23(2)24-19-21-25(22-20-24)29(26,27)28;;/h19-23H,3-18H2,1-2H3,(H,26,27,28);;/q;+1;-1. The first kappa shape index (κ1) is 30.1. The molecule has 0 amide bonds. The molecule has 5 heteroatoms. The number of benzene rings is 1. The van der Waals surface area contributed by atoms with Crippen molar-refractivity contribution in [2.24, 2.45) is 0 Å². The van der Waals surface area contributed by atoms with Gasteiger partial charge in [0.25, 0.3) is 10.1 Å². The molecule has 0 aliphatic carbocycles. The van der Waals surface area contributed by atoms with E-state index in [0.29, 0.717) is 5.92 Å². The van der Waals surface area contributed by atoms with E-state index in [1.807, 2.05) is 12.1 Å². The molecule has 30 heavy (non-hydrogen) atoms. The van der Waals surface area contributed by atoms with Crippen LogP contribution in [0.4, 0.5) is 0 Å². The van der Waals surface area contributed by atoms with Gasteiger partial charge in [0.2, 0.25) is 0 Å². The van der Waals surface area contributed by atoms with Crippen LogP contribution in [-0.4, -0.2) is 13.0 Å². The average molecular weight is 449 g/mol. The Balaban J connectivity index is 0. The molecule has 0 spiro atoms. The number of rotatable bonds is 18. The Labute approximate surface area is 210 Å². The minimum atomic E-state index is -4.09. The van der Waals surface area contributed by atoms with Crippen LogP contribution in [0.1, 0.15) is 129 Å². The monoisotopic (exact) mass is 448 g/mol. The van der Waals surface area contributed by atoms with Crippen molar-refractivity contribution in [3.05, 3.63) is 29.8 Å². The van der Waals surface area contributed by atoms with Crippen LogP contribution < -0.4 is 29.6 Å². The van der Waals surface area contributed by atoms with Gasteiger partial charge in [-0.25, -0.2) is 0 Å². The molecule has 0 heterocycles. The molecule has 1 atom stereocenters. The first-order valence-electron chi connectivity index (χ1n) is 12.0. The minimum Gasteiger partial charge on any atom is -1.00 e. The van der Waals surface area contributed by atoms with E-state index < -0.39 is 10.1 Å². The van der Waals surface area contributed by atoms with Gasteiger partial charge in [0, 0.05) is 0 Å². The topological polar surface area (TPSA) is 54.4 Å². The maximum Gasteiger partial charge on any atom is 1.00 e. The molecule has 1 aromatic carbocycles. The van der Waals surface area contributed by atoms with Crippen molar-refractivity contribution >= 4 is 10.1 Å². The van der Waals surface area contributed by atoms with E-state index in [1.54, 1.807) is 0 Å². The Hall–Kier alpha value is 0.130. The summed E-state index contributed by atoms with van der Waals surface area (Å²) in [7, 11) is -4.09. The van der Waals surface area contributed by atoms with E-state index in [0.717, 1.165) is 12.0 Å². The van der Waals surface area contributed by atoms with Gasteiger partial charge in [0.1, 0.15) is 0 Å². The minimum absolute atomic E-state index is 0. The van der Waals surface area contributed by atoms with Gasteiger partial charge in [-0.3, -0.25) is 4.55 Å². The first-order chi connectivity index (χ1) is 13.9. The van der Waals surface area contributed by atoms with Crippen molar-refractivity contribution in [3.63, 3.8) is 0 Å². The summed E-state index contributed by atoms with van der Waals surface area (Å²) in [6.45, 7) is 4.46. The fourth-order valence-corrected chi connectivity index (χ4v) is 4.44. The summed E-state index contributed by atoms with van der Waals surface area (Å²) in [6, 6.07) is 6.62. The Morgan fingerprint density at radius 2 is 1.10 bits per heavy atom. The molecule has 1 unspecified atom stereocenters. The SMILES string of the molecule is CCCCCCCCCCCCCCCCCC(C)c1ccc(S(=O)(=O)O)cc1.[H-].[Na+]. The van der Waals surface area contributed by atoms with Crippen LogP contribution in [0.5, 0.6) is 0 Å². The van der Waals surface area contributed by atoms with Gasteiger partial charge >= 0.3 is 29.6 Å². The molecule has 1 aromatic rings. The molecule has 0 saturated heterocycles. The van der Waals surface area contributed by atoms with Crippen molar-refractivity contribution < 1.29 is 44.0 Å². The van der Waals surface area contributed by atoms with E-state index in [1.165, 1.54) is 108 Å². The molecule has 0 aliphatic heterocycles. The Morgan fingerprint density at radius 1 is 0.733 bits per heavy atom. The average Bonchev–Trinajstić information content (AvgIpc) is 2.70. The normalized spacial score (nSPS) is 12.5. The van der Waals surface area contributed by atoms with Gasteiger partial charge in [-0.1, -0.05) is 122 Å². The number of hydrogen-bond acceptors (Lipinski definition) is 2. The van der Waals surface area contributed by atoms with Gasteiger partial charge in [-0.15, -0.1) is 0 Å². The zero-order valence-corrected chi connectivity index (χ0v) is 22.7. The van der Waals surface area contributed by atoms with Crippen molar-refractivity contribution in [2.45, 2.75) is 127 Å². The number of unbranched alkanes of at least 4 members (excludes halogenated alkanes) is 14. The van der Waals surface area contributed by atoms with Gasteiger partial charge in [0.15, 0.2) is 0 Å². The molecule has 0 bridgehead atoms. The van der Waals surface area contributed by atoms with Crippen LogP contribution >= 0.6 is 0 Å².